The number of thioether (sulfide) groups is 1. The van der Waals surface area contributed by atoms with Gasteiger partial charge in [-0.2, -0.15) is 16.1 Å². The van der Waals surface area contributed by atoms with E-state index in [4.69, 9.17) is 9.47 Å². The Morgan fingerprint density at radius 2 is 1.79 bits per heavy atom. The molecule has 9 heteroatoms. The molecule has 5 nitrogen and oxygen atoms in total. The van der Waals surface area contributed by atoms with Crippen molar-refractivity contribution in [1.29, 1.82) is 0 Å². The van der Waals surface area contributed by atoms with Crippen LogP contribution < -0.4 is 9.47 Å². The first-order chi connectivity index (χ1) is 13.9. The molecule has 4 rings (SSSR count). The highest BCUT2D eigenvalue weighted by atomic mass is 32.2. The van der Waals surface area contributed by atoms with Gasteiger partial charge in [-0.15, -0.1) is 0 Å². The molecule has 0 bridgehead atoms. The first-order valence-corrected chi connectivity index (χ1v) is 11.9. The van der Waals surface area contributed by atoms with Crippen molar-refractivity contribution >= 4 is 21.8 Å². The standard InChI is InChI=1S/C20H21F2NO4S2/c21-14-2-4-17(22)16(12-14)20-6-7-23(8-11-28-20)29(24,25)15-3-5-18-19(13-15)27-10-1-9-26-18/h2-5,12-13,20H,1,6-11H2/t20-/m0/s1. The minimum atomic E-state index is -3.74. The average molecular weight is 442 g/mol. The van der Waals surface area contributed by atoms with Crippen LogP contribution in [-0.2, 0) is 10.0 Å². The number of nitrogens with zero attached hydrogens (tertiary/aromatic N) is 1. The lowest BCUT2D eigenvalue weighted by Crippen LogP contribution is -2.33. The molecule has 0 aromatic heterocycles. The van der Waals surface area contributed by atoms with E-state index in [1.54, 1.807) is 6.07 Å². The lowest BCUT2D eigenvalue weighted by Gasteiger charge is -2.21. The van der Waals surface area contributed by atoms with Crippen molar-refractivity contribution in [3.8, 4) is 11.5 Å². The van der Waals surface area contributed by atoms with E-state index in [1.807, 2.05) is 0 Å². The first-order valence-electron chi connectivity index (χ1n) is 9.41. The van der Waals surface area contributed by atoms with Crippen molar-refractivity contribution in [1.82, 2.24) is 4.31 Å². The molecule has 1 atom stereocenters. The molecule has 1 fully saturated rings. The van der Waals surface area contributed by atoms with Crippen LogP contribution in [-0.4, -0.2) is 44.8 Å². The SMILES string of the molecule is O=S(=O)(c1ccc2c(c1)OCCCO2)N1CCS[C@H](c2cc(F)ccc2F)CC1. The highest BCUT2D eigenvalue weighted by Crippen LogP contribution is 2.38. The molecule has 2 aliphatic rings. The summed E-state index contributed by atoms with van der Waals surface area (Å²) in [5.74, 6) is 0.484. The molecule has 2 aromatic rings. The van der Waals surface area contributed by atoms with Crippen LogP contribution in [0.25, 0.3) is 0 Å². The average Bonchev–Trinajstić information content (AvgIpc) is 3.10. The van der Waals surface area contributed by atoms with Gasteiger partial charge in [0.25, 0.3) is 0 Å². The van der Waals surface area contributed by atoms with E-state index >= 15 is 0 Å². The van der Waals surface area contributed by atoms with E-state index in [0.29, 0.717) is 43.4 Å². The number of ether oxygens (including phenoxy) is 2. The highest BCUT2D eigenvalue weighted by Gasteiger charge is 2.30. The molecule has 2 aliphatic heterocycles. The molecular formula is C20H21F2NO4S2. The Bertz CT molecular complexity index is 1000. The van der Waals surface area contributed by atoms with Crippen LogP contribution >= 0.6 is 11.8 Å². The maximum absolute atomic E-state index is 14.1. The van der Waals surface area contributed by atoms with Crippen molar-refractivity contribution < 1.29 is 26.7 Å². The molecule has 0 unspecified atom stereocenters. The Balaban J connectivity index is 1.54. The van der Waals surface area contributed by atoms with Crippen LogP contribution in [0.15, 0.2) is 41.3 Å². The number of fused-ring (bicyclic) bond motifs is 1. The normalized spacial score (nSPS) is 20.7. The number of sulfonamides is 1. The molecule has 0 amide bonds. The molecule has 0 N–H and O–H groups in total. The van der Waals surface area contributed by atoms with E-state index in [1.165, 1.54) is 34.3 Å². The molecule has 0 aliphatic carbocycles. The van der Waals surface area contributed by atoms with Gasteiger partial charge in [-0.25, -0.2) is 17.2 Å². The van der Waals surface area contributed by atoms with Gasteiger partial charge in [0, 0.05) is 42.1 Å². The largest absolute Gasteiger partial charge is 0.490 e. The zero-order valence-electron chi connectivity index (χ0n) is 15.6. The maximum atomic E-state index is 14.1. The summed E-state index contributed by atoms with van der Waals surface area (Å²) in [7, 11) is -3.74. The third-order valence-electron chi connectivity index (χ3n) is 4.96. The summed E-state index contributed by atoms with van der Waals surface area (Å²) >= 11 is 1.44. The Hall–Kier alpha value is -1.84. The minimum Gasteiger partial charge on any atom is -0.490 e. The van der Waals surface area contributed by atoms with Gasteiger partial charge in [0.2, 0.25) is 10.0 Å². The lowest BCUT2D eigenvalue weighted by atomic mass is 10.1. The Labute approximate surface area is 173 Å². The minimum absolute atomic E-state index is 0.141. The summed E-state index contributed by atoms with van der Waals surface area (Å²) in [6, 6.07) is 8.03. The van der Waals surface area contributed by atoms with Crippen molar-refractivity contribution in [2.75, 3.05) is 32.1 Å². The van der Waals surface area contributed by atoms with Gasteiger partial charge in [0.05, 0.1) is 18.1 Å². The number of hydrogen-bond donors (Lipinski definition) is 0. The van der Waals surface area contributed by atoms with Gasteiger partial charge in [0.1, 0.15) is 11.6 Å². The summed E-state index contributed by atoms with van der Waals surface area (Å²) in [6.45, 7) is 1.53. The Morgan fingerprint density at radius 1 is 1.00 bits per heavy atom. The maximum Gasteiger partial charge on any atom is 0.243 e. The van der Waals surface area contributed by atoms with Crippen molar-refractivity contribution in [2.45, 2.75) is 23.0 Å². The third kappa shape index (κ3) is 4.36. The fraction of sp³-hybridized carbons (Fsp3) is 0.400. The molecule has 0 radical (unpaired) electrons. The summed E-state index contributed by atoms with van der Waals surface area (Å²) in [5, 5.41) is -0.297. The van der Waals surface area contributed by atoms with Gasteiger partial charge < -0.3 is 9.47 Å². The summed E-state index contributed by atoms with van der Waals surface area (Å²) in [6.07, 6.45) is 1.13. The Kier molecular flexibility index (Phi) is 5.98. The second-order valence-electron chi connectivity index (χ2n) is 6.88. The summed E-state index contributed by atoms with van der Waals surface area (Å²) in [4.78, 5) is 0.141. The van der Waals surface area contributed by atoms with E-state index in [-0.39, 0.29) is 22.3 Å². The first kappa shape index (κ1) is 20.4. The second-order valence-corrected chi connectivity index (χ2v) is 10.1. The van der Waals surface area contributed by atoms with Gasteiger partial charge in [0.15, 0.2) is 11.5 Å². The van der Waals surface area contributed by atoms with E-state index in [0.717, 1.165) is 18.6 Å². The number of halogens is 2. The topological polar surface area (TPSA) is 55.8 Å². The molecule has 2 heterocycles. The predicted molar refractivity (Wildman–Crippen MR) is 107 cm³/mol. The third-order valence-corrected chi connectivity index (χ3v) is 8.17. The second kappa shape index (κ2) is 8.49. The molecule has 29 heavy (non-hydrogen) atoms. The Morgan fingerprint density at radius 3 is 2.62 bits per heavy atom. The van der Waals surface area contributed by atoms with Gasteiger partial charge in [-0.3, -0.25) is 0 Å². The number of rotatable bonds is 3. The van der Waals surface area contributed by atoms with E-state index < -0.39 is 21.7 Å². The van der Waals surface area contributed by atoms with Crippen LogP contribution in [0.2, 0.25) is 0 Å². The van der Waals surface area contributed by atoms with Gasteiger partial charge in [-0.05, 0) is 36.8 Å². The zero-order valence-corrected chi connectivity index (χ0v) is 17.3. The van der Waals surface area contributed by atoms with Crippen molar-refractivity contribution in [2.24, 2.45) is 0 Å². The zero-order chi connectivity index (χ0) is 20.4. The number of hydrogen-bond acceptors (Lipinski definition) is 5. The highest BCUT2D eigenvalue weighted by molar-refractivity contribution is 7.99. The molecule has 0 spiro atoms. The van der Waals surface area contributed by atoms with Gasteiger partial charge >= 0.3 is 0 Å². The molecule has 2 aromatic carbocycles. The molecule has 156 valence electrons. The molecule has 0 saturated carbocycles. The smallest absolute Gasteiger partial charge is 0.243 e. The quantitative estimate of drug-likeness (QED) is 0.721. The van der Waals surface area contributed by atoms with Crippen LogP contribution in [0.3, 0.4) is 0 Å². The van der Waals surface area contributed by atoms with Crippen molar-refractivity contribution in [3.05, 3.63) is 53.6 Å². The van der Waals surface area contributed by atoms with Gasteiger partial charge in [-0.1, -0.05) is 0 Å². The summed E-state index contributed by atoms with van der Waals surface area (Å²) in [5.41, 5.74) is 0.282. The van der Waals surface area contributed by atoms with Crippen LogP contribution in [0.5, 0.6) is 11.5 Å². The predicted octanol–water partition coefficient (Wildman–Crippen LogP) is 4.00. The van der Waals surface area contributed by atoms with Crippen molar-refractivity contribution in [3.63, 3.8) is 0 Å². The summed E-state index contributed by atoms with van der Waals surface area (Å²) < 4.78 is 66.6. The fourth-order valence-electron chi connectivity index (χ4n) is 3.45. The monoisotopic (exact) mass is 441 g/mol. The van der Waals surface area contributed by atoms with E-state index in [2.05, 4.69) is 0 Å². The lowest BCUT2D eigenvalue weighted by molar-refractivity contribution is 0.296. The molecular weight excluding hydrogens is 420 g/mol. The molecule has 1 saturated heterocycles. The van der Waals surface area contributed by atoms with Crippen LogP contribution in [0, 0.1) is 11.6 Å². The van der Waals surface area contributed by atoms with E-state index in [9.17, 15) is 17.2 Å². The van der Waals surface area contributed by atoms with Crippen LogP contribution in [0.1, 0.15) is 23.7 Å². The number of benzene rings is 2. The fourth-order valence-corrected chi connectivity index (χ4v) is 6.28. The van der Waals surface area contributed by atoms with Crippen LogP contribution in [0.4, 0.5) is 8.78 Å².